The van der Waals surface area contributed by atoms with Crippen molar-refractivity contribution in [2.24, 2.45) is 0 Å². The zero-order valence-electron chi connectivity index (χ0n) is 43.5. The van der Waals surface area contributed by atoms with Gasteiger partial charge in [0.2, 0.25) is 0 Å². The molecule has 68 heavy (non-hydrogen) atoms. The van der Waals surface area contributed by atoms with Gasteiger partial charge in [0.1, 0.15) is 0 Å². The smallest absolute Gasteiger partial charge is 0.252 e. The molecule has 12 rings (SSSR count). The second-order valence-electron chi connectivity index (χ2n) is 26.1. The van der Waals surface area contributed by atoms with Crippen molar-refractivity contribution >= 4 is 62.9 Å². The average Bonchev–Trinajstić information content (AvgIpc) is 3.64. The second kappa shape index (κ2) is 14.2. The van der Waals surface area contributed by atoms with Crippen molar-refractivity contribution in [2.75, 3.05) is 14.7 Å². The Hall–Kier alpha value is -5.22. The first kappa shape index (κ1) is 44.0. The van der Waals surface area contributed by atoms with Crippen molar-refractivity contribution in [1.29, 1.82) is 0 Å². The van der Waals surface area contributed by atoms with Crippen LogP contribution in [0.5, 0.6) is 0 Å². The van der Waals surface area contributed by atoms with Gasteiger partial charge in [-0.25, -0.2) is 0 Å². The molecule has 0 amide bonds. The molecule has 0 radical (unpaired) electrons. The average molecular weight is 896 g/mol. The molecular weight excluding hydrogens is 822 g/mol. The molecule has 4 atom stereocenters. The topological polar surface area (TPSA) is 9.72 Å². The van der Waals surface area contributed by atoms with Gasteiger partial charge in [-0.3, -0.25) is 0 Å². The number of rotatable bonds is 3. The monoisotopic (exact) mass is 896 g/mol. The molecule has 4 unspecified atom stereocenters. The van der Waals surface area contributed by atoms with Crippen molar-refractivity contribution in [3.63, 3.8) is 0 Å². The maximum Gasteiger partial charge on any atom is 0.252 e. The van der Waals surface area contributed by atoms with Crippen molar-refractivity contribution < 1.29 is 0 Å². The highest BCUT2D eigenvalue weighted by Gasteiger charge is 2.62. The minimum absolute atomic E-state index is 0.00993. The number of anilines is 7. The molecule has 0 saturated heterocycles. The Labute approximate surface area is 409 Å². The third-order valence-electron chi connectivity index (χ3n) is 19.2. The van der Waals surface area contributed by atoms with Crippen molar-refractivity contribution in [2.45, 2.75) is 180 Å². The first-order chi connectivity index (χ1) is 32.1. The van der Waals surface area contributed by atoms with Gasteiger partial charge in [-0.05, 0) is 142 Å². The lowest BCUT2D eigenvalue weighted by Crippen LogP contribution is -2.64. The van der Waals surface area contributed by atoms with E-state index in [1.807, 2.05) is 0 Å². The standard InChI is InChI=1S/C64H74BN3/c1-58(2,3)42-27-30-51(46(36-42)41-22-15-14-16-23-41)66-53-38-44(60(7,8)9)26-29-49(53)65-50-25-21-24-47-57(50)68(64(13)35-20-17-32-61(47,64)10)55-40-45(39-54(66)56(55)65)67-52-31-28-43(59(4,5)6)37-48(52)62(11)33-18-19-34-63(62,67)12/h14-16,21-31,36-40H,17-20,32-35H2,1-13H3. The van der Waals surface area contributed by atoms with E-state index in [0.717, 1.165) is 0 Å². The van der Waals surface area contributed by atoms with Crippen LogP contribution in [0.3, 0.4) is 0 Å². The fourth-order valence-electron chi connectivity index (χ4n) is 14.8. The molecule has 0 spiro atoms. The first-order valence-corrected chi connectivity index (χ1v) is 26.3. The molecule has 6 aliphatic rings. The van der Waals surface area contributed by atoms with E-state index in [4.69, 9.17) is 0 Å². The number of hydrogen-bond acceptors (Lipinski definition) is 3. The highest BCUT2D eigenvalue weighted by Crippen LogP contribution is 2.65. The fourth-order valence-corrected chi connectivity index (χ4v) is 14.8. The van der Waals surface area contributed by atoms with Crippen LogP contribution in [0.1, 0.15) is 169 Å². The van der Waals surface area contributed by atoms with E-state index in [0.29, 0.717) is 0 Å². The third kappa shape index (κ3) is 5.79. The van der Waals surface area contributed by atoms with Crippen LogP contribution in [0.15, 0.2) is 115 Å². The van der Waals surface area contributed by atoms with Crippen molar-refractivity contribution in [3.05, 3.63) is 143 Å². The Morgan fingerprint density at radius 1 is 0.441 bits per heavy atom. The Morgan fingerprint density at radius 3 is 1.66 bits per heavy atom. The molecule has 3 nitrogen and oxygen atoms in total. The van der Waals surface area contributed by atoms with E-state index in [-0.39, 0.29) is 44.9 Å². The van der Waals surface area contributed by atoms with Crippen LogP contribution in [-0.2, 0) is 27.1 Å². The summed E-state index contributed by atoms with van der Waals surface area (Å²) in [6.45, 7) is 31.9. The van der Waals surface area contributed by atoms with E-state index in [2.05, 4.69) is 220 Å². The minimum Gasteiger partial charge on any atom is -0.335 e. The van der Waals surface area contributed by atoms with Crippen LogP contribution < -0.4 is 31.1 Å². The molecule has 0 N–H and O–H groups in total. The molecule has 2 aliphatic carbocycles. The Kier molecular flexibility index (Phi) is 9.19. The molecule has 2 fully saturated rings. The largest absolute Gasteiger partial charge is 0.335 e. The molecule has 0 aromatic heterocycles. The lowest BCUT2D eigenvalue weighted by atomic mass is 9.33. The van der Waals surface area contributed by atoms with E-state index in [9.17, 15) is 0 Å². The highest BCUT2D eigenvalue weighted by molar-refractivity contribution is 7.00. The summed E-state index contributed by atoms with van der Waals surface area (Å²) in [7, 11) is 0. The summed E-state index contributed by atoms with van der Waals surface area (Å²) in [6, 6.07) is 46.6. The molecule has 2 saturated carbocycles. The lowest BCUT2D eigenvalue weighted by molar-refractivity contribution is 0.194. The normalized spacial score (nSPS) is 25.7. The van der Waals surface area contributed by atoms with Crippen molar-refractivity contribution in [1.82, 2.24) is 0 Å². The molecule has 0 bridgehead atoms. The zero-order valence-corrected chi connectivity index (χ0v) is 43.5. The molecule has 4 heterocycles. The number of para-hydroxylation sites is 1. The maximum atomic E-state index is 2.94. The molecule has 4 aliphatic heterocycles. The van der Waals surface area contributed by atoms with Gasteiger partial charge in [-0.15, -0.1) is 0 Å². The van der Waals surface area contributed by atoms with Crippen LogP contribution >= 0.6 is 0 Å². The Bertz CT molecular complexity index is 3070. The maximum absolute atomic E-state index is 2.94. The summed E-state index contributed by atoms with van der Waals surface area (Å²) in [5.41, 5.74) is 23.5. The van der Waals surface area contributed by atoms with Gasteiger partial charge < -0.3 is 14.7 Å². The van der Waals surface area contributed by atoms with Gasteiger partial charge >= 0.3 is 0 Å². The van der Waals surface area contributed by atoms with E-state index in [1.54, 1.807) is 5.56 Å². The quantitative estimate of drug-likeness (QED) is 0.164. The highest BCUT2D eigenvalue weighted by atomic mass is 15.3. The number of nitrogens with zero attached hydrogens (tertiary/aromatic N) is 3. The predicted octanol–water partition coefficient (Wildman–Crippen LogP) is 15.3. The summed E-state index contributed by atoms with van der Waals surface area (Å²) < 4.78 is 0. The van der Waals surface area contributed by atoms with Crippen LogP contribution in [0.4, 0.5) is 39.8 Å². The van der Waals surface area contributed by atoms with Crippen LogP contribution in [-0.4, -0.2) is 17.8 Å². The summed E-state index contributed by atoms with van der Waals surface area (Å²) in [5.74, 6) is 0. The summed E-state index contributed by atoms with van der Waals surface area (Å²) >= 11 is 0. The SMILES string of the molecule is CC(C)(C)c1ccc(N2c3cc(C(C)(C)C)ccc3B3c4cccc5c4N(c4cc(N6c7ccc(C(C)(C)C)cc7C7(C)CCCCC67C)cc2c43)C2(C)CCCCC52C)c(-c2ccccc2)c1. The van der Waals surface area contributed by atoms with Crippen molar-refractivity contribution in [3.8, 4) is 11.1 Å². The van der Waals surface area contributed by atoms with E-state index in [1.165, 1.54) is 141 Å². The molecular formula is C64H74BN3. The van der Waals surface area contributed by atoms with Gasteiger partial charge in [0.05, 0.1) is 16.8 Å². The number of benzene rings is 6. The minimum atomic E-state index is -0.100. The Morgan fingerprint density at radius 2 is 1.00 bits per heavy atom. The van der Waals surface area contributed by atoms with E-state index >= 15 is 0 Å². The molecule has 4 heteroatoms. The van der Waals surface area contributed by atoms with Gasteiger partial charge in [0, 0.05) is 50.5 Å². The molecule has 6 aromatic carbocycles. The van der Waals surface area contributed by atoms with Gasteiger partial charge in [-0.2, -0.15) is 0 Å². The third-order valence-corrected chi connectivity index (χ3v) is 19.2. The number of fused-ring (bicyclic) bond motifs is 10. The van der Waals surface area contributed by atoms with E-state index < -0.39 is 0 Å². The first-order valence-electron chi connectivity index (χ1n) is 26.3. The predicted molar refractivity (Wildman–Crippen MR) is 293 cm³/mol. The van der Waals surface area contributed by atoms with Crippen LogP contribution in [0.25, 0.3) is 11.1 Å². The summed E-state index contributed by atoms with van der Waals surface area (Å²) in [6.07, 6.45) is 9.82. The van der Waals surface area contributed by atoms with Crippen LogP contribution in [0, 0.1) is 0 Å². The summed E-state index contributed by atoms with van der Waals surface area (Å²) in [5, 5.41) is 0. The zero-order chi connectivity index (χ0) is 47.7. The molecule has 6 aromatic rings. The van der Waals surface area contributed by atoms with Gasteiger partial charge in [0.15, 0.2) is 0 Å². The fraction of sp³-hybridized carbons (Fsp3) is 0.438. The molecule has 348 valence electrons. The second-order valence-corrected chi connectivity index (χ2v) is 26.1. The summed E-state index contributed by atoms with van der Waals surface area (Å²) in [4.78, 5) is 8.55. The van der Waals surface area contributed by atoms with Gasteiger partial charge in [-0.1, -0.05) is 181 Å². The lowest BCUT2D eigenvalue weighted by Gasteiger charge is -2.54. The number of hydrogen-bond donors (Lipinski definition) is 0. The van der Waals surface area contributed by atoms with Gasteiger partial charge in [0.25, 0.3) is 6.71 Å². The Balaban J connectivity index is 1.23. The van der Waals surface area contributed by atoms with Crippen LogP contribution in [0.2, 0.25) is 0 Å².